The molecule has 0 saturated carbocycles. The fourth-order valence-electron chi connectivity index (χ4n) is 2.21. The Hall–Kier alpha value is -3.50. The van der Waals surface area contributed by atoms with Crippen molar-refractivity contribution in [3.63, 3.8) is 0 Å². The number of ether oxygens (including phenoxy) is 2. The molecule has 0 spiro atoms. The molecule has 11 nitrogen and oxygen atoms in total. The molecule has 0 fully saturated rings. The predicted molar refractivity (Wildman–Crippen MR) is 81.8 cm³/mol. The van der Waals surface area contributed by atoms with Gasteiger partial charge in [-0.25, -0.2) is 9.97 Å². The lowest BCUT2D eigenvalue weighted by Crippen LogP contribution is -2.25. The summed E-state index contributed by atoms with van der Waals surface area (Å²) >= 11 is 0. The zero-order chi connectivity index (χ0) is 18.7. The van der Waals surface area contributed by atoms with Gasteiger partial charge in [-0.15, -0.1) is 0 Å². The van der Waals surface area contributed by atoms with Crippen LogP contribution in [0.5, 0.6) is 11.8 Å². The maximum Gasteiger partial charge on any atom is 0.318 e. The van der Waals surface area contributed by atoms with Crippen LogP contribution in [0.15, 0.2) is 12.1 Å². The molecule has 1 heterocycles. The summed E-state index contributed by atoms with van der Waals surface area (Å²) in [5.74, 6) is -4.97. The minimum Gasteiger partial charge on any atom is -0.481 e. The molecular formula is C14H13N3O8. The van der Waals surface area contributed by atoms with Crippen molar-refractivity contribution < 1.29 is 34.2 Å². The van der Waals surface area contributed by atoms with Gasteiger partial charge in [-0.1, -0.05) is 0 Å². The van der Waals surface area contributed by atoms with E-state index in [4.69, 9.17) is 19.7 Å². The first-order chi connectivity index (χ1) is 11.8. The molecule has 0 unspecified atom stereocenters. The number of hydrogen-bond acceptors (Lipinski definition) is 8. The number of hydrogen-bond donors (Lipinski definition) is 2. The maximum atomic E-state index is 11.1. The number of aromatic nitrogens is 2. The zero-order valence-electron chi connectivity index (χ0n) is 13.1. The van der Waals surface area contributed by atoms with Crippen LogP contribution >= 0.6 is 0 Å². The van der Waals surface area contributed by atoms with Crippen molar-refractivity contribution in [1.82, 2.24) is 9.97 Å². The van der Waals surface area contributed by atoms with E-state index in [1.54, 1.807) is 0 Å². The number of carboxylic acid groups (broad SMARTS) is 2. The van der Waals surface area contributed by atoms with Crippen LogP contribution in [-0.4, -0.2) is 51.3 Å². The Bertz CT molecular complexity index is 853. The number of fused-ring (bicyclic) bond motifs is 1. The van der Waals surface area contributed by atoms with Gasteiger partial charge in [-0.05, 0) is 12.0 Å². The summed E-state index contributed by atoms with van der Waals surface area (Å²) in [6, 6.07) is 2.20. The monoisotopic (exact) mass is 351 g/mol. The molecule has 132 valence electrons. The molecule has 2 rings (SSSR count). The molecular weight excluding hydrogens is 338 g/mol. The van der Waals surface area contributed by atoms with Crippen LogP contribution in [0.2, 0.25) is 0 Å². The van der Waals surface area contributed by atoms with Crippen molar-refractivity contribution in [1.29, 1.82) is 0 Å². The number of non-ortho nitro benzene ring substituents is 1. The van der Waals surface area contributed by atoms with Gasteiger partial charge in [-0.2, -0.15) is 0 Å². The van der Waals surface area contributed by atoms with E-state index in [-0.39, 0.29) is 34.0 Å². The Labute approximate surface area is 140 Å². The van der Waals surface area contributed by atoms with Crippen molar-refractivity contribution >= 4 is 28.7 Å². The number of methoxy groups -OCH3 is 2. The first-order valence-electron chi connectivity index (χ1n) is 6.81. The third-order valence-corrected chi connectivity index (χ3v) is 3.39. The van der Waals surface area contributed by atoms with Crippen LogP contribution in [0.4, 0.5) is 5.69 Å². The van der Waals surface area contributed by atoms with Crippen LogP contribution in [0.1, 0.15) is 5.56 Å². The van der Waals surface area contributed by atoms with Gasteiger partial charge in [0.25, 0.3) is 17.4 Å². The van der Waals surface area contributed by atoms with Crippen LogP contribution in [0.25, 0.3) is 11.0 Å². The summed E-state index contributed by atoms with van der Waals surface area (Å²) in [7, 11) is 2.61. The molecule has 0 aliphatic rings. The number of carbonyl (C=O) groups is 2. The van der Waals surface area contributed by atoms with Crippen molar-refractivity contribution in [2.45, 2.75) is 6.42 Å². The highest BCUT2D eigenvalue weighted by molar-refractivity contribution is 5.94. The summed E-state index contributed by atoms with van der Waals surface area (Å²) in [5.41, 5.74) is -0.182. The molecule has 0 amide bonds. The number of carboxylic acids is 2. The average Bonchev–Trinajstić information content (AvgIpc) is 2.56. The summed E-state index contributed by atoms with van der Waals surface area (Å²) in [6.45, 7) is 0. The average molecular weight is 351 g/mol. The van der Waals surface area contributed by atoms with E-state index < -0.39 is 29.2 Å². The Kier molecular flexibility index (Phi) is 4.96. The lowest BCUT2D eigenvalue weighted by atomic mass is 9.98. The molecule has 0 saturated heterocycles. The second kappa shape index (κ2) is 6.95. The molecule has 11 heteroatoms. The molecule has 0 atom stereocenters. The van der Waals surface area contributed by atoms with Gasteiger partial charge in [0.2, 0.25) is 0 Å². The Morgan fingerprint density at radius 1 is 1.16 bits per heavy atom. The molecule has 0 aliphatic carbocycles. The quantitative estimate of drug-likeness (QED) is 0.416. The molecule has 1 aromatic heterocycles. The minimum absolute atomic E-state index is 0.0190. The number of nitro benzene ring substituents is 1. The van der Waals surface area contributed by atoms with Crippen molar-refractivity contribution in [3.05, 3.63) is 27.8 Å². The van der Waals surface area contributed by atoms with Gasteiger partial charge in [0.15, 0.2) is 5.92 Å². The maximum absolute atomic E-state index is 11.1. The van der Waals surface area contributed by atoms with E-state index in [1.165, 1.54) is 14.2 Å². The fourth-order valence-corrected chi connectivity index (χ4v) is 2.21. The van der Waals surface area contributed by atoms with Crippen LogP contribution in [0.3, 0.4) is 0 Å². The predicted octanol–water partition coefficient (Wildman–Crippen LogP) is 0.883. The first kappa shape index (κ1) is 17.8. The normalized spacial score (nSPS) is 10.7. The summed E-state index contributed by atoms with van der Waals surface area (Å²) in [5, 5.41) is 29.2. The van der Waals surface area contributed by atoms with E-state index in [0.717, 1.165) is 12.1 Å². The Morgan fingerprint density at radius 3 is 2.20 bits per heavy atom. The van der Waals surface area contributed by atoms with Crippen LogP contribution in [0, 0.1) is 16.0 Å². The summed E-state index contributed by atoms with van der Waals surface area (Å²) in [4.78, 5) is 40.8. The molecule has 1 aromatic carbocycles. The second-order valence-corrected chi connectivity index (χ2v) is 4.91. The SMILES string of the molecule is COc1nc2cc([N+](=O)[O-])cc(CC(C(=O)O)C(=O)O)c2nc1OC. The summed E-state index contributed by atoms with van der Waals surface area (Å²) < 4.78 is 10.00. The lowest BCUT2D eigenvalue weighted by molar-refractivity contribution is -0.384. The van der Waals surface area contributed by atoms with Crippen molar-refractivity contribution in [2.75, 3.05) is 14.2 Å². The van der Waals surface area contributed by atoms with Gasteiger partial charge in [-0.3, -0.25) is 19.7 Å². The lowest BCUT2D eigenvalue weighted by Gasteiger charge is -2.12. The Balaban J connectivity index is 2.72. The van der Waals surface area contributed by atoms with Crippen molar-refractivity contribution in [3.8, 4) is 11.8 Å². The van der Waals surface area contributed by atoms with Crippen LogP contribution < -0.4 is 9.47 Å². The number of aliphatic carboxylic acids is 2. The second-order valence-electron chi connectivity index (χ2n) is 4.91. The molecule has 0 aliphatic heterocycles. The highest BCUT2D eigenvalue weighted by Crippen LogP contribution is 2.31. The van der Waals surface area contributed by atoms with E-state index in [9.17, 15) is 19.7 Å². The molecule has 2 N–H and O–H groups in total. The topological polar surface area (TPSA) is 162 Å². The van der Waals surface area contributed by atoms with Gasteiger partial charge in [0.05, 0.1) is 24.7 Å². The molecule has 0 radical (unpaired) electrons. The largest absolute Gasteiger partial charge is 0.481 e. The van der Waals surface area contributed by atoms with Gasteiger partial charge < -0.3 is 19.7 Å². The fraction of sp³-hybridized carbons (Fsp3) is 0.286. The van der Waals surface area contributed by atoms with E-state index in [0.29, 0.717) is 0 Å². The molecule has 2 aromatic rings. The van der Waals surface area contributed by atoms with E-state index in [2.05, 4.69) is 9.97 Å². The van der Waals surface area contributed by atoms with Gasteiger partial charge >= 0.3 is 11.9 Å². The molecule has 0 bridgehead atoms. The van der Waals surface area contributed by atoms with Crippen LogP contribution in [-0.2, 0) is 16.0 Å². The van der Waals surface area contributed by atoms with Gasteiger partial charge in [0.1, 0.15) is 5.52 Å². The number of nitrogens with zero attached hydrogens (tertiary/aromatic N) is 3. The number of nitro groups is 1. The van der Waals surface area contributed by atoms with Crippen molar-refractivity contribution in [2.24, 2.45) is 5.92 Å². The number of rotatable bonds is 7. The molecule has 25 heavy (non-hydrogen) atoms. The standard InChI is InChI=1S/C14H13N3O8/c1-24-11-12(25-2)16-10-6(4-8(13(18)19)14(20)21)3-7(17(22)23)5-9(10)15-11/h3,5,8H,4H2,1-2H3,(H,18,19)(H,20,21). The minimum atomic E-state index is -1.79. The highest BCUT2D eigenvalue weighted by atomic mass is 16.6. The summed E-state index contributed by atoms with van der Waals surface area (Å²) in [6.07, 6.45) is -0.507. The highest BCUT2D eigenvalue weighted by Gasteiger charge is 2.28. The first-order valence-corrected chi connectivity index (χ1v) is 6.81. The zero-order valence-corrected chi connectivity index (χ0v) is 13.1. The Morgan fingerprint density at radius 2 is 1.72 bits per heavy atom. The smallest absolute Gasteiger partial charge is 0.318 e. The third kappa shape index (κ3) is 3.54. The number of benzene rings is 1. The van der Waals surface area contributed by atoms with Gasteiger partial charge in [0, 0.05) is 12.1 Å². The van der Waals surface area contributed by atoms with E-state index in [1.807, 2.05) is 0 Å². The third-order valence-electron chi connectivity index (χ3n) is 3.39. The van der Waals surface area contributed by atoms with E-state index >= 15 is 0 Å².